The molecule has 0 aliphatic heterocycles. The number of esters is 1. The molecule has 4 nitrogen and oxygen atoms in total. The smallest absolute Gasteiger partial charge is 0.306 e. The van der Waals surface area contributed by atoms with Crippen molar-refractivity contribution >= 4 is 5.97 Å². The van der Waals surface area contributed by atoms with E-state index in [1.54, 1.807) is 7.11 Å². The Labute approximate surface area is 152 Å². The van der Waals surface area contributed by atoms with Gasteiger partial charge in [-0.3, -0.25) is 4.79 Å². The van der Waals surface area contributed by atoms with Crippen LogP contribution >= 0.6 is 0 Å². The molecule has 0 aromatic heterocycles. The summed E-state index contributed by atoms with van der Waals surface area (Å²) in [7, 11) is 1.72. The van der Waals surface area contributed by atoms with Crippen molar-refractivity contribution in [2.24, 2.45) is 0 Å². The minimum absolute atomic E-state index is 0.0373. The number of aliphatic hydroxyl groups is 1. The molecule has 25 heavy (non-hydrogen) atoms. The molecule has 0 bridgehead atoms. The van der Waals surface area contributed by atoms with E-state index >= 15 is 0 Å². The normalized spacial score (nSPS) is 12.2. The van der Waals surface area contributed by atoms with Crippen molar-refractivity contribution in [3.05, 3.63) is 28.8 Å². The van der Waals surface area contributed by atoms with Gasteiger partial charge in [-0.25, -0.2) is 0 Å². The summed E-state index contributed by atoms with van der Waals surface area (Å²) < 4.78 is 10.9. The Morgan fingerprint density at radius 3 is 1.96 bits per heavy atom. The van der Waals surface area contributed by atoms with Crippen LogP contribution in [0.15, 0.2) is 12.1 Å². The Hall–Kier alpha value is -1.55. The van der Waals surface area contributed by atoms with E-state index in [0.29, 0.717) is 19.3 Å². The van der Waals surface area contributed by atoms with Crippen molar-refractivity contribution in [3.63, 3.8) is 0 Å². The van der Waals surface area contributed by atoms with Crippen LogP contribution in [0.25, 0.3) is 0 Å². The Bertz CT molecular complexity index is 542. The molecule has 4 heteroatoms. The topological polar surface area (TPSA) is 55.8 Å². The summed E-state index contributed by atoms with van der Waals surface area (Å²) in [4.78, 5) is 11.8. The molecule has 1 aromatic carbocycles. The second-order valence-electron chi connectivity index (χ2n) is 8.52. The second-order valence-corrected chi connectivity index (χ2v) is 8.52. The molecule has 0 spiro atoms. The highest BCUT2D eigenvalue weighted by atomic mass is 16.5. The van der Waals surface area contributed by atoms with Gasteiger partial charge in [0, 0.05) is 30.6 Å². The van der Waals surface area contributed by atoms with Crippen LogP contribution in [-0.2, 0) is 26.8 Å². The van der Waals surface area contributed by atoms with Crippen LogP contribution in [0.4, 0.5) is 0 Å². The predicted octanol–water partition coefficient (Wildman–Crippen LogP) is 4.15. The lowest BCUT2D eigenvalue weighted by atomic mass is 9.78. The molecule has 142 valence electrons. The van der Waals surface area contributed by atoms with Crippen molar-refractivity contribution in [1.29, 1.82) is 0 Å². The standard InChI is InChI=1S/C21H34O4/c1-20(2,3)16-13-15(9-10-18(23)25-12-8-11-22)14-17(19(16)24-7)21(4,5)6/h13-14,22H,8-12H2,1-7H3. The van der Waals surface area contributed by atoms with Gasteiger partial charge in [0.05, 0.1) is 13.7 Å². The Morgan fingerprint density at radius 1 is 1.04 bits per heavy atom. The fourth-order valence-electron chi connectivity index (χ4n) is 2.74. The molecule has 0 amide bonds. The predicted molar refractivity (Wildman–Crippen MR) is 101 cm³/mol. The number of benzene rings is 1. The van der Waals surface area contributed by atoms with Crippen molar-refractivity contribution in [2.45, 2.75) is 71.6 Å². The first-order valence-corrected chi connectivity index (χ1v) is 8.99. The minimum Gasteiger partial charge on any atom is -0.496 e. The van der Waals surface area contributed by atoms with Gasteiger partial charge in [-0.1, -0.05) is 53.7 Å². The molecule has 1 aromatic rings. The van der Waals surface area contributed by atoms with E-state index < -0.39 is 0 Å². The maximum atomic E-state index is 11.8. The molecule has 0 unspecified atom stereocenters. The fraction of sp³-hybridized carbons (Fsp3) is 0.667. The number of aryl methyl sites for hydroxylation is 1. The fourth-order valence-corrected chi connectivity index (χ4v) is 2.74. The monoisotopic (exact) mass is 350 g/mol. The first-order chi connectivity index (χ1) is 11.5. The van der Waals surface area contributed by atoms with Crippen LogP contribution in [-0.4, -0.2) is 31.4 Å². The van der Waals surface area contributed by atoms with E-state index in [9.17, 15) is 4.79 Å². The zero-order valence-corrected chi connectivity index (χ0v) is 16.9. The summed E-state index contributed by atoms with van der Waals surface area (Å²) >= 11 is 0. The Balaban J connectivity index is 3.10. The maximum absolute atomic E-state index is 11.8. The summed E-state index contributed by atoms with van der Waals surface area (Å²) in [6.07, 6.45) is 1.45. The van der Waals surface area contributed by atoms with Crippen LogP contribution in [0.2, 0.25) is 0 Å². The lowest BCUT2D eigenvalue weighted by Crippen LogP contribution is -2.20. The zero-order chi connectivity index (χ0) is 19.3. The highest BCUT2D eigenvalue weighted by molar-refractivity contribution is 5.69. The van der Waals surface area contributed by atoms with Gasteiger partial charge in [-0.2, -0.15) is 0 Å². The van der Waals surface area contributed by atoms with Gasteiger partial charge in [0.15, 0.2) is 0 Å². The number of ether oxygens (including phenoxy) is 2. The summed E-state index contributed by atoms with van der Waals surface area (Å²) in [5, 5.41) is 8.75. The van der Waals surface area contributed by atoms with E-state index in [1.165, 1.54) is 0 Å². The van der Waals surface area contributed by atoms with E-state index in [-0.39, 0.29) is 30.0 Å². The first-order valence-electron chi connectivity index (χ1n) is 8.99. The average Bonchev–Trinajstić information content (AvgIpc) is 2.50. The zero-order valence-electron chi connectivity index (χ0n) is 16.9. The maximum Gasteiger partial charge on any atom is 0.306 e. The minimum atomic E-state index is -0.223. The third-order valence-corrected chi connectivity index (χ3v) is 4.15. The molecule has 1 rings (SSSR count). The van der Waals surface area contributed by atoms with Gasteiger partial charge in [0.25, 0.3) is 0 Å². The van der Waals surface area contributed by atoms with Crippen LogP contribution in [0, 0.1) is 0 Å². The van der Waals surface area contributed by atoms with Gasteiger partial charge < -0.3 is 14.6 Å². The van der Waals surface area contributed by atoms with Crippen molar-refractivity contribution in [2.75, 3.05) is 20.3 Å². The molecule has 1 N–H and O–H groups in total. The first kappa shape index (κ1) is 21.5. The van der Waals surface area contributed by atoms with Gasteiger partial charge in [-0.05, 0) is 22.8 Å². The van der Waals surface area contributed by atoms with Crippen molar-refractivity contribution < 1.29 is 19.4 Å². The van der Waals surface area contributed by atoms with Gasteiger partial charge in [0.2, 0.25) is 0 Å². The third-order valence-electron chi connectivity index (χ3n) is 4.15. The summed E-state index contributed by atoms with van der Waals surface area (Å²) in [6, 6.07) is 4.30. The number of aliphatic hydroxyl groups excluding tert-OH is 1. The van der Waals surface area contributed by atoms with Gasteiger partial charge in [0.1, 0.15) is 5.75 Å². The highest BCUT2D eigenvalue weighted by Gasteiger charge is 2.27. The van der Waals surface area contributed by atoms with E-state index in [1.807, 2.05) is 0 Å². The number of hydrogen-bond acceptors (Lipinski definition) is 4. The van der Waals surface area contributed by atoms with Crippen LogP contribution < -0.4 is 4.74 Å². The number of hydrogen-bond donors (Lipinski definition) is 1. The number of methoxy groups -OCH3 is 1. The van der Waals surface area contributed by atoms with Crippen LogP contribution in [0.5, 0.6) is 5.75 Å². The van der Waals surface area contributed by atoms with E-state index in [4.69, 9.17) is 14.6 Å². The lowest BCUT2D eigenvalue weighted by molar-refractivity contribution is -0.143. The molecule has 0 fully saturated rings. The van der Waals surface area contributed by atoms with Crippen LogP contribution in [0.1, 0.15) is 71.1 Å². The molecule has 0 saturated carbocycles. The third kappa shape index (κ3) is 6.35. The summed E-state index contributed by atoms with van der Waals surface area (Å²) in [6.45, 7) is 13.3. The SMILES string of the molecule is COc1c(C(C)(C)C)cc(CCC(=O)OCCCO)cc1C(C)(C)C. The number of rotatable bonds is 7. The molecule has 0 radical (unpaired) electrons. The summed E-state index contributed by atoms with van der Waals surface area (Å²) in [5.74, 6) is 0.716. The quantitative estimate of drug-likeness (QED) is 0.593. The highest BCUT2D eigenvalue weighted by Crippen LogP contribution is 2.40. The molecular formula is C21H34O4. The number of carbonyl (C=O) groups is 1. The molecule has 0 saturated heterocycles. The van der Waals surface area contributed by atoms with Crippen LogP contribution in [0.3, 0.4) is 0 Å². The molecule has 0 aliphatic rings. The largest absolute Gasteiger partial charge is 0.496 e. The average molecular weight is 350 g/mol. The van der Waals surface area contributed by atoms with Crippen molar-refractivity contribution in [1.82, 2.24) is 0 Å². The Morgan fingerprint density at radius 2 is 1.56 bits per heavy atom. The van der Waals surface area contributed by atoms with E-state index in [2.05, 4.69) is 53.7 Å². The van der Waals surface area contributed by atoms with E-state index in [0.717, 1.165) is 22.4 Å². The molecule has 0 heterocycles. The van der Waals surface area contributed by atoms with Crippen molar-refractivity contribution in [3.8, 4) is 5.75 Å². The van der Waals surface area contributed by atoms with Gasteiger partial charge >= 0.3 is 5.97 Å². The molecule has 0 atom stereocenters. The molecule has 0 aliphatic carbocycles. The lowest BCUT2D eigenvalue weighted by Gasteiger charge is -2.30. The van der Waals surface area contributed by atoms with Gasteiger partial charge in [-0.15, -0.1) is 0 Å². The molecular weight excluding hydrogens is 316 g/mol. The summed E-state index contributed by atoms with van der Waals surface area (Å²) in [5.41, 5.74) is 3.33. The number of carbonyl (C=O) groups excluding carboxylic acids is 1. The Kier molecular flexibility index (Phi) is 7.48. The second kappa shape index (κ2) is 8.70.